The van der Waals surface area contributed by atoms with Gasteiger partial charge in [0.1, 0.15) is 4.21 Å². The van der Waals surface area contributed by atoms with Crippen molar-refractivity contribution in [2.24, 2.45) is 0 Å². The fourth-order valence-electron chi connectivity index (χ4n) is 1.93. The number of piperazine rings is 1. The third-order valence-electron chi connectivity index (χ3n) is 3.15. The Balaban J connectivity index is 1.93. The second-order valence-electron chi connectivity index (χ2n) is 4.48. The number of nitrogens with one attached hydrogen (secondary N) is 1. The average molecular weight is 368 g/mol. The van der Waals surface area contributed by atoms with Gasteiger partial charge >= 0.3 is 0 Å². The molecule has 19 heavy (non-hydrogen) atoms. The van der Waals surface area contributed by atoms with Gasteiger partial charge in [-0.25, -0.2) is 8.42 Å². The first-order chi connectivity index (χ1) is 9.00. The molecule has 1 N–H and O–H groups in total. The zero-order valence-electron chi connectivity index (χ0n) is 10.8. The fraction of sp³-hybridized carbons (Fsp3) is 0.636. The van der Waals surface area contributed by atoms with Gasteiger partial charge in [0, 0.05) is 46.3 Å². The summed E-state index contributed by atoms with van der Waals surface area (Å²) < 4.78 is 27.3. The zero-order valence-corrected chi connectivity index (χ0v) is 14.0. The Morgan fingerprint density at radius 3 is 2.68 bits per heavy atom. The standard InChI is InChI=1S/C11H18BrN3O2S2/c1-14(8-9-15-6-4-13-5-7-15)19(16,17)11-3-2-10(12)18-11/h2-3,13H,4-9H2,1H3. The van der Waals surface area contributed by atoms with Gasteiger partial charge in [-0.15, -0.1) is 11.3 Å². The number of hydrogen-bond donors (Lipinski definition) is 1. The summed E-state index contributed by atoms with van der Waals surface area (Å²) in [5.74, 6) is 0. The number of sulfonamides is 1. The van der Waals surface area contributed by atoms with E-state index in [9.17, 15) is 8.42 Å². The molecule has 0 spiro atoms. The van der Waals surface area contributed by atoms with E-state index in [1.54, 1.807) is 19.2 Å². The quantitative estimate of drug-likeness (QED) is 0.844. The lowest BCUT2D eigenvalue weighted by atomic mass is 10.3. The molecule has 2 rings (SSSR count). The van der Waals surface area contributed by atoms with Gasteiger partial charge in [-0.2, -0.15) is 4.31 Å². The van der Waals surface area contributed by atoms with Crippen LogP contribution in [0.2, 0.25) is 0 Å². The van der Waals surface area contributed by atoms with E-state index in [1.807, 2.05) is 0 Å². The van der Waals surface area contributed by atoms with Gasteiger partial charge in [-0.3, -0.25) is 4.90 Å². The van der Waals surface area contributed by atoms with Crippen LogP contribution in [0.25, 0.3) is 0 Å². The molecule has 1 aromatic heterocycles. The topological polar surface area (TPSA) is 52.6 Å². The van der Waals surface area contributed by atoms with Crippen LogP contribution in [-0.4, -0.2) is 63.9 Å². The smallest absolute Gasteiger partial charge is 0.252 e. The monoisotopic (exact) mass is 367 g/mol. The minimum absolute atomic E-state index is 0.391. The summed E-state index contributed by atoms with van der Waals surface area (Å²) >= 11 is 4.54. The van der Waals surface area contributed by atoms with Gasteiger partial charge in [-0.1, -0.05) is 0 Å². The Morgan fingerprint density at radius 2 is 2.11 bits per heavy atom. The molecule has 0 bridgehead atoms. The van der Waals surface area contributed by atoms with E-state index >= 15 is 0 Å². The van der Waals surface area contributed by atoms with E-state index in [-0.39, 0.29) is 0 Å². The minimum Gasteiger partial charge on any atom is -0.314 e. The Kier molecular flexibility index (Phi) is 5.38. The molecule has 0 radical (unpaired) electrons. The molecule has 8 heteroatoms. The van der Waals surface area contributed by atoms with Crippen molar-refractivity contribution in [2.45, 2.75) is 4.21 Å². The Morgan fingerprint density at radius 1 is 1.42 bits per heavy atom. The van der Waals surface area contributed by atoms with E-state index in [0.29, 0.717) is 10.8 Å². The van der Waals surface area contributed by atoms with Crippen molar-refractivity contribution in [3.05, 3.63) is 15.9 Å². The third-order valence-corrected chi connectivity index (χ3v) is 7.10. The molecule has 0 amide bonds. The van der Waals surface area contributed by atoms with Gasteiger partial charge in [-0.05, 0) is 28.1 Å². The van der Waals surface area contributed by atoms with Crippen molar-refractivity contribution in [3.8, 4) is 0 Å². The van der Waals surface area contributed by atoms with E-state index in [4.69, 9.17) is 0 Å². The summed E-state index contributed by atoms with van der Waals surface area (Å²) in [5, 5.41) is 3.28. The summed E-state index contributed by atoms with van der Waals surface area (Å²) in [5.41, 5.74) is 0. The molecule has 1 aliphatic heterocycles. The molecule has 0 aromatic carbocycles. The molecule has 0 aliphatic carbocycles. The molecule has 1 aliphatic rings. The Labute approximate surface area is 126 Å². The fourth-order valence-corrected chi connectivity index (χ4v) is 5.31. The highest BCUT2D eigenvalue weighted by molar-refractivity contribution is 9.11. The lowest BCUT2D eigenvalue weighted by Gasteiger charge is -2.28. The van der Waals surface area contributed by atoms with Crippen molar-refractivity contribution in [3.63, 3.8) is 0 Å². The normalized spacial score (nSPS) is 18.1. The summed E-state index contributed by atoms with van der Waals surface area (Å²) in [6, 6.07) is 3.41. The molecule has 0 atom stereocenters. The molecule has 108 valence electrons. The highest BCUT2D eigenvalue weighted by atomic mass is 79.9. The SMILES string of the molecule is CN(CCN1CCNCC1)S(=O)(=O)c1ccc(Br)s1. The van der Waals surface area contributed by atoms with E-state index < -0.39 is 10.0 Å². The number of nitrogens with zero attached hydrogens (tertiary/aromatic N) is 2. The maximum atomic E-state index is 12.3. The van der Waals surface area contributed by atoms with Crippen LogP contribution in [0.3, 0.4) is 0 Å². The van der Waals surface area contributed by atoms with Crippen molar-refractivity contribution >= 4 is 37.3 Å². The molecule has 0 unspecified atom stereocenters. The largest absolute Gasteiger partial charge is 0.314 e. The number of hydrogen-bond acceptors (Lipinski definition) is 5. The van der Waals surface area contributed by atoms with Gasteiger partial charge in [0.15, 0.2) is 0 Å². The first-order valence-electron chi connectivity index (χ1n) is 6.15. The van der Waals surface area contributed by atoms with E-state index in [2.05, 4.69) is 26.1 Å². The first-order valence-corrected chi connectivity index (χ1v) is 9.20. The molecule has 0 saturated carbocycles. The lowest BCUT2D eigenvalue weighted by molar-refractivity contribution is 0.229. The second-order valence-corrected chi connectivity index (χ2v) is 9.21. The van der Waals surface area contributed by atoms with Gasteiger partial charge < -0.3 is 5.32 Å². The highest BCUT2D eigenvalue weighted by Crippen LogP contribution is 2.27. The molecule has 1 fully saturated rings. The van der Waals surface area contributed by atoms with E-state index in [1.165, 1.54) is 15.6 Å². The summed E-state index contributed by atoms with van der Waals surface area (Å²) in [4.78, 5) is 2.28. The van der Waals surface area contributed by atoms with Crippen molar-refractivity contribution in [2.75, 3.05) is 46.3 Å². The zero-order chi connectivity index (χ0) is 13.9. The summed E-state index contributed by atoms with van der Waals surface area (Å²) in [6.07, 6.45) is 0. The van der Waals surface area contributed by atoms with Gasteiger partial charge in [0.05, 0.1) is 3.79 Å². The van der Waals surface area contributed by atoms with Crippen LogP contribution in [0.15, 0.2) is 20.1 Å². The molecule has 1 aromatic rings. The van der Waals surface area contributed by atoms with Crippen LogP contribution in [0.4, 0.5) is 0 Å². The second kappa shape index (κ2) is 6.64. The van der Waals surface area contributed by atoms with Gasteiger partial charge in [0.25, 0.3) is 10.0 Å². The van der Waals surface area contributed by atoms with Gasteiger partial charge in [0.2, 0.25) is 0 Å². The lowest BCUT2D eigenvalue weighted by Crippen LogP contribution is -2.46. The van der Waals surface area contributed by atoms with Crippen LogP contribution >= 0.6 is 27.3 Å². The number of halogens is 1. The predicted molar refractivity (Wildman–Crippen MR) is 81.1 cm³/mol. The van der Waals surface area contributed by atoms with Crippen molar-refractivity contribution < 1.29 is 8.42 Å². The van der Waals surface area contributed by atoms with Crippen LogP contribution in [0, 0.1) is 0 Å². The first kappa shape index (κ1) is 15.4. The maximum absolute atomic E-state index is 12.3. The average Bonchev–Trinajstić information content (AvgIpc) is 2.84. The molecule has 5 nitrogen and oxygen atoms in total. The summed E-state index contributed by atoms with van der Waals surface area (Å²) in [6.45, 7) is 5.24. The summed E-state index contributed by atoms with van der Waals surface area (Å²) in [7, 11) is -1.70. The Bertz CT molecular complexity index is 512. The molecular formula is C11H18BrN3O2S2. The predicted octanol–water partition coefficient (Wildman–Crippen LogP) is 1.04. The number of rotatable bonds is 5. The maximum Gasteiger partial charge on any atom is 0.252 e. The number of thiophene rings is 1. The third kappa shape index (κ3) is 3.99. The van der Waals surface area contributed by atoms with Crippen molar-refractivity contribution in [1.29, 1.82) is 0 Å². The van der Waals surface area contributed by atoms with Crippen LogP contribution in [-0.2, 0) is 10.0 Å². The van der Waals surface area contributed by atoms with E-state index in [0.717, 1.165) is 36.5 Å². The van der Waals surface area contributed by atoms with Crippen LogP contribution in [0.1, 0.15) is 0 Å². The molecular weight excluding hydrogens is 350 g/mol. The Hall–Kier alpha value is 0.01000. The van der Waals surface area contributed by atoms with Crippen molar-refractivity contribution in [1.82, 2.24) is 14.5 Å². The van der Waals surface area contributed by atoms with Crippen LogP contribution in [0.5, 0.6) is 0 Å². The highest BCUT2D eigenvalue weighted by Gasteiger charge is 2.23. The number of likely N-dealkylation sites (N-methyl/N-ethyl adjacent to an activating group) is 1. The van der Waals surface area contributed by atoms with Crippen LogP contribution < -0.4 is 5.32 Å². The molecule has 1 saturated heterocycles. The minimum atomic E-state index is -3.34. The molecule has 2 heterocycles.